The van der Waals surface area contributed by atoms with Crippen molar-refractivity contribution in [3.8, 4) is 0 Å². The smallest absolute Gasteiger partial charge is 0.106 e. The Morgan fingerprint density at radius 1 is 0.308 bits per heavy atom. The highest BCUT2D eigenvalue weighted by molar-refractivity contribution is 7.80. The lowest BCUT2D eigenvalue weighted by Crippen LogP contribution is -2.27. The molecule has 0 amide bonds. The molecular weight excluding hydrogens is 677 g/mol. The molecule has 0 rings (SSSR count). The van der Waals surface area contributed by atoms with Crippen molar-refractivity contribution < 1.29 is 38.2 Å². The van der Waals surface area contributed by atoms with Gasteiger partial charge < -0.3 is 28.4 Å². The molecule has 0 saturated heterocycles. The predicted octanol–water partition coefficient (Wildman–Crippen LogP) is 11.5. The quantitative estimate of drug-likeness (QED) is 0.0284. The standard InChI is InChI=1S/C43H88O8S/c1-3-5-7-9-11-13-15-17-19-21-23-25-30-47-41-43(49-31-26-24-22-20-18-16-14-12-10-8-6-4-2)42-48-36-35-45-34-33-44-29-27-28-32-50-51-38-37-46-39-40-52/h43,52H,3-42H2,1-2H3. The zero-order valence-corrected chi connectivity index (χ0v) is 35.5. The van der Waals surface area contributed by atoms with Crippen LogP contribution >= 0.6 is 12.6 Å². The maximum atomic E-state index is 6.24. The van der Waals surface area contributed by atoms with Crippen molar-refractivity contribution in [1.82, 2.24) is 0 Å². The van der Waals surface area contributed by atoms with E-state index in [9.17, 15) is 0 Å². The summed E-state index contributed by atoms with van der Waals surface area (Å²) in [7, 11) is 0. The monoisotopic (exact) mass is 765 g/mol. The second kappa shape index (κ2) is 49.0. The molecule has 0 aromatic carbocycles. The maximum Gasteiger partial charge on any atom is 0.106 e. The van der Waals surface area contributed by atoms with E-state index in [1.807, 2.05) is 0 Å². The highest BCUT2D eigenvalue weighted by atomic mass is 32.1. The lowest BCUT2D eigenvalue weighted by atomic mass is 10.1. The summed E-state index contributed by atoms with van der Waals surface area (Å²) in [6, 6.07) is 0. The highest BCUT2D eigenvalue weighted by Gasteiger charge is 2.10. The summed E-state index contributed by atoms with van der Waals surface area (Å²) < 4.78 is 34.9. The van der Waals surface area contributed by atoms with Gasteiger partial charge in [-0.15, -0.1) is 0 Å². The molecule has 0 aliphatic carbocycles. The van der Waals surface area contributed by atoms with Crippen molar-refractivity contribution in [2.24, 2.45) is 0 Å². The van der Waals surface area contributed by atoms with Crippen LogP contribution in [0.15, 0.2) is 0 Å². The van der Waals surface area contributed by atoms with Gasteiger partial charge in [0.05, 0.1) is 59.5 Å². The topological polar surface area (TPSA) is 73.8 Å². The summed E-state index contributed by atoms with van der Waals surface area (Å²) in [5.74, 6) is 0.713. The molecule has 0 aromatic rings. The Kier molecular flexibility index (Phi) is 49.1. The van der Waals surface area contributed by atoms with Gasteiger partial charge in [0.15, 0.2) is 0 Å². The van der Waals surface area contributed by atoms with Gasteiger partial charge in [0.2, 0.25) is 0 Å². The lowest BCUT2D eigenvalue weighted by Gasteiger charge is -2.18. The van der Waals surface area contributed by atoms with E-state index in [1.165, 1.54) is 141 Å². The van der Waals surface area contributed by atoms with Gasteiger partial charge in [-0.1, -0.05) is 155 Å². The zero-order valence-electron chi connectivity index (χ0n) is 34.6. The van der Waals surface area contributed by atoms with Crippen LogP contribution in [0.1, 0.15) is 181 Å². The molecule has 0 N–H and O–H groups in total. The van der Waals surface area contributed by atoms with Crippen molar-refractivity contribution in [2.75, 3.05) is 91.6 Å². The number of hydrogen-bond donors (Lipinski definition) is 1. The Morgan fingerprint density at radius 2 is 0.635 bits per heavy atom. The largest absolute Gasteiger partial charge is 0.379 e. The molecule has 1 atom stereocenters. The molecular formula is C43H88O8S. The van der Waals surface area contributed by atoms with Crippen LogP contribution in [0.5, 0.6) is 0 Å². The minimum Gasteiger partial charge on any atom is -0.379 e. The van der Waals surface area contributed by atoms with Crippen molar-refractivity contribution in [3.63, 3.8) is 0 Å². The number of rotatable bonds is 48. The molecule has 0 fully saturated rings. The Morgan fingerprint density at radius 3 is 1.15 bits per heavy atom. The summed E-state index contributed by atoms with van der Waals surface area (Å²) >= 11 is 4.09. The Hall–Kier alpha value is 0.0300. The van der Waals surface area contributed by atoms with Crippen molar-refractivity contribution in [2.45, 2.75) is 187 Å². The van der Waals surface area contributed by atoms with Gasteiger partial charge >= 0.3 is 0 Å². The average molecular weight is 765 g/mol. The third kappa shape index (κ3) is 46.2. The molecule has 0 radical (unpaired) electrons. The first-order valence-electron chi connectivity index (χ1n) is 22.2. The summed E-state index contributed by atoms with van der Waals surface area (Å²) in [6.45, 7) is 12.4. The SMILES string of the molecule is CCCCCCCCCCCCCCOCC(COCCOCCOCCCCOOCCOCCS)OCCCCCCCCCCCCCC. The van der Waals surface area contributed by atoms with Crippen LogP contribution in [-0.2, 0) is 38.2 Å². The fourth-order valence-corrected chi connectivity index (χ4v) is 6.12. The van der Waals surface area contributed by atoms with Crippen LogP contribution in [0, 0.1) is 0 Å². The third-order valence-electron chi connectivity index (χ3n) is 9.24. The molecule has 0 aliphatic rings. The minimum atomic E-state index is -0.0193. The highest BCUT2D eigenvalue weighted by Crippen LogP contribution is 2.14. The minimum absolute atomic E-state index is 0.0193. The molecule has 314 valence electrons. The Balaban J connectivity index is 3.91. The summed E-state index contributed by atoms with van der Waals surface area (Å²) in [4.78, 5) is 10.2. The van der Waals surface area contributed by atoms with Crippen LogP contribution in [0.4, 0.5) is 0 Å². The maximum absolute atomic E-state index is 6.24. The fraction of sp³-hybridized carbons (Fsp3) is 1.00. The predicted molar refractivity (Wildman–Crippen MR) is 221 cm³/mol. The zero-order chi connectivity index (χ0) is 37.5. The third-order valence-corrected chi connectivity index (χ3v) is 9.42. The van der Waals surface area contributed by atoms with E-state index in [-0.39, 0.29) is 6.10 Å². The van der Waals surface area contributed by atoms with E-state index in [0.717, 1.165) is 38.9 Å². The molecule has 0 saturated carbocycles. The molecule has 52 heavy (non-hydrogen) atoms. The second-order valence-electron chi connectivity index (χ2n) is 14.3. The van der Waals surface area contributed by atoms with Gasteiger partial charge in [0, 0.05) is 25.6 Å². The van der Waals surface area contributed by atoms with Crippen LogP contribution in [-0.4, -0.2) is 97.7 Å². The molecule has 0 heterocycles. The first-order chi connectivity index (χ1) is 25.8. The van der Waals surface area contributed by atoms with Crippen LogP contribution < -0.4 is 0 Å². The normalized spacial score (nSPS) is 12.3. The number of ether oxygens (including phenoxy) is 6. The molecule has 9 heteroatoms. The van der Waals surface area contributed by atoms with Gasteiger partial charge in [-0.3, -0.25) is 0 Å². The fourth-order valence-electron chi connectivity index (χ4n) is 5.99. The van der Waals surface area contributed by atoms with Crippen LogP contribution in [0.3, 0.4) is 0 Å². The molecule has 0 bridgehead atoms. The first kappa shape index (κ1) is 52.0. The number of hydrogen-bond acceptors (Lipinski definition) is 9. The van der Waals surface area contributed by atoms with E-state index in [2.05, 4.69) is 26.5 Å². The summed E-state index contributed by atoms with van der Waals surface area (Å²) in [5.41, 5.74) is 0. The molecule has 0 aliphatic heterocycles. The number of thiol groups is 1. The van der Waals surface area contributed by atoms with Gasteiger partial charge in [-0.05, 0) is 25.7 Å². The molecule has 0 aromatic heterocycles. The summed E-state index contributed by atoms with van der Waals surface area (Å²) in [6.07, 6.45) is 34.3. The van der Waals surface area contributed by atoms with Gasteiger partial charge in [0.25, 0.3) is 0 Å². The number of unbranched alkanes of at least 4 members (excludes halogenated alkanes) is 23. The average Bonchev–Trinajstić information content (AvgIpc) is 3.15. The van der Waals surface area contributed by atoms with E-state index >= 15 is 0 Å². The van der Waals surface area contributed by atoms with Gasteiger partial charge in [-0.2, -0.15) is 12.6 Å². The van der Waals surface area contributed by atoms with Gasteiger partial charge in [-0.25, -0.2) is 9.78 Å². The Bertz CT molecular complexity index is 618. The Labute approximate surface area is 328 Å². The molecule has 1 unspecified atom stereocenters. The van der Waals surface area contributed by atoms with Crippen LogP contribution in [0.25, 0.3) is 0 Å². The van der Waals surface area contributed by atoms with Gasteiger partial charge in [0.1, 0.15) is 12.7 Å². The van der Waals surface area contributed by atoms with Crippen molar-refractivity contribution in [3.05, 3.63) is 0 Å². The second-order valence-corrected chi connectivity index (χ2v) is 14.8. The van der Waals surface area contributed by atoms with Crippen molar-refractivity contribution in [1.29, 1.82) is 0 Å². The summed E-state index contributed by atoms with van der Waals surface area (Å²) in [5, 5.41) is 0. The van der Waals surface area contributed by atoms with E-state index < -0.39 is 0 Å². The molecule has 0 spiro atoms. The first-order valence-corrected chi connectivity index (χ1v) is 22.8. The van der Waals surface area contributed by atoms with E-state index in [1.54, 1.807) is 0 Å². The molecule has 8 nitrogen and oxygen atoms in total. The van der Waals surface area contributed by atoms with E-state index in [0.29, 0.717) is 78.4 Å². The van der Waals surface area contributed by atoms with E-state index in [4.69, 9.17) is 38.2 Å². The van der Waals surface area contributed by atoms with Crippen LogP contribution in [0.2, 0.25) is 0 Å². The lowest BCUT2D eigenvalue weighted by molar-refractivity contribution is -0.299. The van der Waals surface area contributed by atoms with Crippen molar-refractivity contribution >= 4 is 12.6 Å².